The van der Waals surface area contributed by atoms with Crippen LogP contribution in [0.5, 0.6) is 0 Å². The summed E-state index contributed by atoms with van der Waals surface area (Å²) in [5.74, 6) is -1.68. The molecule has 3 aliphatic rings. The number of amides is 1. The second kappa shape index (κ2) is 9.00. The van der Waals surface area contributed by atoms with Crippen LogP contribution in [0.1, 0.15) is 37.8 Å². The van der Waals surface area contributed by atoms with Crippen LogP contribution in [0.25, 0.3) is 0 Å². The number of thioether (sulfide) groups is 1. The molecule has 0 aromatic heterocycles. The fourth-order valence-electron chi connectivity index (χ4n) is 4.12. The van der Waals surface area contributed by atoms with Crippen molar-refractivity contribution in [3.05, 3.63) is 68.8 Å². The van der Waals surface area contributed by atoms with Crippen molar-refractivity contribution in [2.24, 2.45) is 11.3 Å². The van der Waals surface area contributed by atoms with Crippen LogP contribution in [0.2, 0.25) is 0 Å². The Morgan fingerprint density at radius 1 is 1.29 bits per heavy atom. The number of ether oxygens (including phenoxy) is 1. The Balaban J connectivity index is 1.61. The van der Waals surface area contributed by atoms with E-state index in [4.69, 9.17) is 16.3 Å². The summed E-state index contributed by atoms with van der Waals surface area (Å²) in [6.45, 7) is 3.59. The van der Waals surface area contributed by atoms with E-state index in [1.54, 1.807) is 6.08 Å². The van der Waals surface area contributed by atoms with Crippen molar-refractivity contribution in [2.45, 2.75) is 50.8 Å². The molecule has 1 amide bonds. The van der Waals surface area contributed by atoms with Crippen molar-refractivity contribution >= 4 is 35.2 Å². The predicted octanol–water partition coefficient (Wildman–Crippen LogP) is 5.62. The number of carboxylic acids is 1. The predicted molar refractivity (Wildman–Crippen MR) is 123 cm³/mol. The molecular weight excluding hydrogens is 491 g/mol. The van der Waals surface area contributed by atoms with Gasteiger partial charge in [-0.25, -0.2) is 4.79 Å². The van der Waals surface area contributed by atoms with Gasteiger partial charge in [-0.2, -0.15) is 13.2 Å². The Kier molecular flexibility index (Phi) is 6.54. The zero-order valence-corrected chi connectivity index (χ0v) is 20.0. The van der Waals surface area contributed by atoms with Gasteiger partial charge in [0.1, 0.15) is 18.4 Å². The van der Waals surface area contributed by atoms with E-state index in [0.29, 0.717) is 28.5 Å². The van der Waals surface area contributed by atoms with Gasteiger partial charge in [-0.05, 0) is 54.5 Å². The van der Waals surface area contributed by atoms with Crippen LogP contribution in [0, 0.1) is 11.3 Å². The Bertz CT molecular complexity index is 1110. The molecule has 182 valence electrons. The van der Waals surface area contributed by atoms with E-state index < -0.39 is 35.1 Å². The summed E-state index contributed by atoms with van der Waals surface area (Å²) in [6.07, 6.45) is 0.406. The largest absolute Gasteiger partial charge is 0.492 e. The maximum Gasteiger partial charge on any atom is 0.416 e. The molecule has 0 spiro atoms. The number of carbonyl (C=O) groups excluding carboxylic acids is 1. The first-order chi connectivity index (χ1) is 15.9. The molecule has 4 rings (SSSR count). The van der Waals surface area contributed by atoms with Crippen LogP contribution in [0.15, 0.2) is 57.7 Å². The molecule has 10 heteroatoms. The second-order valence-electron chi connectivity index (χ2n) is 9.04. The lowest BCUT2D eigenvalue weighted by molar-refractivity contribution is -0.143. The van der Waals surface area contributed by atoms with Crippen molar-refractivity contribution in [1.29, 1.82) is 0 Å². The number of hydrogen-bond acceptors (Lipinski definition) is 4. The number of nitrogens with one attached hydrogen (secondary N) is 1. The smallest absolute Gasteiger partial charge is 0.416 e. The van der Waals surface area contributed by atoms with Gasteiger partial charge in [-0.1, -0.05) is 36.7 Å². The van der Waals surface area contributed by atoms with Crippen molar-refractivity contribution in [3.63, 3.8) is 0 Å². The fraction of sp³-hybridized carbons (Fsp3) is 0.417. The van der Waals surface area contributed by atoms with Crippen LogP contribution in [0.4, 0.5) is 13.2 Å². The van der Waals surface area contributed by atoms with E-state index in [1.807, 2.05) is 19.9 Å². The van der Waals surface area contributed by atoms with Crippen molar-refractivity contribution in [3.8, 4) is 0 Å². The number of aliphatic carboxylic acids is 1. The second-order valence-corrected chi connectivity index (χ2v) is 10.8. The summed E-state index contributed by atoms with van der Waals surface area (Å²) in [5.41, 5.74) is 0.251. The highest BCUT2D eigenvalue weighted by molar-refractivity contribution is 8.05. The molecular formula is C24H23ClF3NO4S. The molecule has 1 aromatic rings. The molecule has 1 fully saturated rings. The quantitative estimate of drug-likeness (QED) is 0.495. The zero-order chi connectivity index (χ0) is 24.8. The number of hydrogen-bond donors (Lipinski definition) is 2. The number of allylic oxidation sites excluding steroid dienone is 1. The van der Waals surface area contributed by atoms with Crippen LogP contribution >= 0.6 is 23.4 Å². The average Bonchev–Trinajstić information content (AvgIpc) is 3.45. The minimum absolute atomic E-state index is 0.0586. The number of benzene rings is 1. The standard InChI is InChI=1S/C24H23ClF3NO4S/c1-12-17-16(34-20(12)25)8-7-15(21(30)29-19(22(31)32)23(2)9-10-23)18(17)33-11-13-3-5-14(6-4-13)24(26,27)28/h3-8,16-17,19H,9-11H2,1-2H3,(H,29,30)(H,31,32)/t16?,17?,19-/m1/s1. The molecule has 0 saturated heterocycles. The van der Waals surface area contributed by atoms with Crippen LogP contribution in [-0.4, -0.2) is 28.3 Å². The van der Waals surface area contributed by atoms with Gasteiger partial charge in [-0.3, -0.25) is 4.79 Å². The average molecular weight is 514 g/mol. The highest BCUT2D eigenvalue weighted by Gasteiger charge is 2.50. The Labute approximate surface area is 204 Å². The van der Waals surface area contributed by atoms with Crippen LogP contribution in [0.3, 0.4) is 0 Å². The molecule has 1 saturated carbocycles. The maximum atomic E-state index is 13.2. The van der Waals surface area contributed by atoms with Gasteiger partial charge in [-0.15, -0.1) is 11.8 Å². The van der Waals surface area contributed by atoms with Crippen molar-refractivity contribution in [2.75, 3.05) is 0 Å². The fourth-order valence-corrected chi connectivity index (χ4v) is 5.72. The summed E-state index contributed by atoms with van der Waals surface area (Å²) in [7, 11) is 0. The number of fused-ring (bicyclic) bond motifs is 1. The van der Waals surface area contributed by atoms with Gasteiger partial charge >= 0.3 is 12.1 Å². The summed E-state index contributed by atoms with van der Waals surface area (Å²) in [5, 5.41) is 12.2. The van der Waals surface area contributed by atoms with E-state index in [0.717, 1.165) is 17.7 Å². The lowest BCUT2D eigenvalue weighted by Crippen LogP contribution is -2.47. The summed E-state index contributed by atoms with van der Waals surface area (Å²) in [4.78, 5) is 25.0. The van der Waals surface area contributed by atoms with Gasteiger partial charge in [0.25, 0.3) is 5.91 Å². The number of carboxylic acid groups (broad SMARTS) is 1. The molecule has 0 radical (unpaired) electrons. The van der Waals surface area contributed by atoms with E-state index in [-0.39, 0.29) is 23.3 Å². The number of rotatable bonds is 7. The topological polar surface area (TPSA) is 75.6 Å². The minimum Gasteiger partial charge on any atom is -0.492 e. The molecule has 5 nitrogen and oxygen atoms in total. The molecule has 2 N–H and O–H groups in total. The Hall–Kier alpha value is -2.39. The maximum absolute atomic E-state index is 13.2. The lowest BCUT2D eigenvalue weighted by Gasteiger charge is -2.28. The molecule has 1 heterocycles. The molecule has 2 aliphatic carbocycles. The van der Waals surface area contributed by atoms with E-state index in [9.17, 15) is 27.9 Å². The van der Waals surface area contributed by atoms with Gasteiger partial charge in [0, 0.05) is 5.25 Å². The third-order valence-corrected chi connectivity index (χ3v) is 8.32. The van der Waals surface area contributed by atoms with Gasteiger partial charge in [0.15, 0.2) is 0 Å². The van der Waals surface area contributed by atoms with E-state index in [2.05, 4.69) is 5.32 Å². The first-order valence-electron chi connectivity index (χ1n) is 10.7. The first kappa shape index (κ1) is 24.7. The summed E-state index contributed by atoms with van der Waals surface area (Å²) >= 11 is 7.77. The third kappa shape index (κ3) is 4.86. The molecule has 0 bridgehead atoms. The van der Waals surface area contributed by atoms with Crippen LogP contribution < -0.4 is 5.32 Å². The number of carbonyl (C=O) groups is 2. The monoisotopic (exact) mass is 513 g/mol. The van der Waals surface area contributed by atoms with E-state index in [1.165, 1.54) is 23.9 Å². The molecule has 34 heavy (non-hydrogen) atoms. The molecule has 1 aliphatic heterocycles. The Morgan fingerprint density at radius 2 is 1.94 bits per heavy atom. The zero-order valence-electron chi connectivity index (χ0n) is 18.4. The number of alkyl halides is 3. The van der Waals surface area contributed by atoms with E-state index >= 15 is 0 Å². The third-order valence-electron chi connectivity index (χ3n) is 6.52. The normalized spacial score (nSPS) is 24.1. The SMILES string of the molecule is CC1=C(Cl)SC2C=CC(C(=O)N[C@H](C(=O)O)C3(C)CC3)=C(OCc3ccc(C(F)(F)F)cc3)C12. The van der Waals surface area contributed by atoms with Gasteiger partial charge < -0.3 is 15.2 Å². The molecule has 2 unspecified atom stereocenters. The van der Waals surface area contributed by atoms with Gasteiger partial charge in [0.05, 0.1) is 21.4 Å². The highest BCUT2D eigenvalue weighted by Crippen LogP contribution is 2.51. The van der Waals surface area contributed by atoms with Gasteiger partial charge in [0.2, 0.25) is 0 Å². The summed E-state index contributed by atoms with van der Waals surface area (Å²) in [6, 6.07) is 3.57. The molecule has 1 aromatic carbocycles. The molecule has 3 atom stereocenters. The lowest BCUT2D eigenvalue weighted by atomic mass is 9.87. The summed E-state index contributed by atoms with van der Waals surface area (Å²) < 4.78 is 45.2. The minimum atomic E-state index is -4.44. The van der Waals surface area contributed by atoms with Crippen molar-refractivity contribution in [1.82, 2.24) is 5.32 Å². The van der Waals surface area contributed by atoms with Crippen LogP contribution in [-0.2, 0) is 27.1 Å². The first-order valence-corrected chi connectivity index (χ1v) is 11.9. The number of halogens is 4. The highest BCUT2D eigenvalue weighted by atomic mass is 35.5. The Morgan fingerprint density at radius 3 is 2.50 bits per heavy atom. The van der Waals surface area contributed by atoms with Crippen molar-refractivity contribution < 1.29 is 32.6 Å².